The molecule has 0 aliphatic rings. The molecule has 6 heteroatoms. The lowest BCUT2D eigenvalue weighted by atomic mass is 10.2. The Labute approximate surface area is 106 Å². The van der Waals surface area contributed by atoms with Crippen molar-refractivity contribution in [3.05, 3.63) is 35.9 Å². The van der Waals surface area contributed by atoms with Crippen molar-refractivity contribution in [3.8, 4) is 0 Å². The molecule has 90 valence electrons. The zero-order chi connectivity index (χ0) is 13.0. The van der Waals surface area contributed by atoms with Crippen molar-refractivity contribution < 1.29 is 9.59 Å². The van der Waals surface area contributed by atoms with E-state index in [1.807, 2.05) is 6.07 Å². The van der Waals surface area contributed by atoms with E-state index in [0.717, 1.165) is 6.42 Å². The van der Waals surface area contributed by atoms with E-state index in [1.165, 1.54) is 5.56 Å². The zero-order valence-electron chi connectivity index (χ0n) is 8.96. The molecule has 16 heavy (non-hydrogen) atoms. The molecule has 1 aromatic carbocycles. The molecule has 4 nitrogen and oxygen atoms in total. The van der Waals surface area contributed by atoms with Gasteiger partial charge in [-0.15, -0.1) is 0 Å². The average Bonchev–Trinajstić information content (AvgIpc) is 2.17. The van der Waals surface area contributed by atoms with Crippen molar-refractivity contribution in [2.45, 2.75) is 13.3 Å². The van der Waals surface area contributed by atoms with E-state index in [4.69, 9.17) is 9.59 Å². The minimum absolute atomic E-state index is 0.639. The van der Waals surface area contributed by atoms with Crippen LogP contribution in [0.5, 0.6) is 0 Å². The molecular formula is C10H16N2O2S2. The number of carbonyl (C=O) groups is 2. The maximum atomic E-state index is 9.09. The summed E-state index contributed by atoms with van der Waals surface area (Å²) in [5.41, 5.74) is 10.1. The third-order valence-electron chi connectivity index (χ3n) is 1.25. The molecular weight excluding hydrogens is 244 g/mol. The summed E-state index contributed by atoms with van der Waals surface area (Å²) in [7, 11) is 0. The monoisotopic (exact) mass is 260 g/mol. The molecule has 0 unspecified atom stereocenters. The molecule has 0 saturated heterocycles. The van der Waals surface area contributed by atoms with Crippen molar-refractivity contribution in [1.82, 2.24) is 0 Å². The molecule has 4 N–H and O–H groups in total. The molecule has 1 aromatic rings. The summed E-state index contributed by atoms with van der Waals surface area (Å²) in [5.74, 6) is 0. The van der Waals surface area contributed by atoms with Gasteiger partial charge in [0.2, 0.25) is 0 Å². The van der Waals surface area contributed by atoms with Crippen LogP contribution < -0.4 is 11.5 Å². The molecule has 0 fully saturated rings. The zero-order valence-corrected chi connectivity index (χ0v) is 10.7. The summed E-state index contributed by atoms with van der Waals surface area (Å²) in [6.07, 6.45) is 1.14. The van der Waals surface area contributed by atoms with Crippen LogP contribution in [-0.2, 0) is 6.42 Å². The van der Waals surface area contributed by atoms with Crippen molar-refractivity contribution in [1.29, 1.82) is 0 Å². The number of nitrogens with two attached hydrogens (primary N) is 2. The lowest BCUT2D eigenvalue weighted by molar-refractivity contribution is 0.266. The van der Waals surface area contributed by atoms with E-state index in [2.05, 4.69) is 67.9 Å². The van der Waals surface area contributed by atoms with Gasteiger partial charge in [0.1, 0.15) is 0 Å². The molecule has 0 spiro atoms. The summed E-state index contributed by atoms with van der Waals surface area (Å²) in [5, 5.41) is -1.28. The number of amides is 2. The second-order valence-corrected chi connectivity index (χ2v) is 3.40. The van der Waals surface area contributed by atoms with Crippen LogP contribution in [-0.4, -0.2) is 10.5 Å². The van der Waals surface area contributed by atoms with Crippen LogP contribution in [0, 0.1) is 0 Å². The molecule has 1 rings (SSSR count). The Morgan fingerprint density at radius 3 is 1.56 bits per heavy atom. The molecule has 0 bridgehead atoms. The fourth-order valence-corrected chi connectivity index (χ4v) is 0.714. The van der Waals surface area contributed by atoms with Crippen LogP contribution in [0.1, 0.15) is 12.5 Å². The molecule has 0 heterocycles. The number of hydrogen-bond donors (Lipinski definition) is 4. The maximum absolute atomic E-state index is 9.09. The lowest BCUT2D eigenvalue weighted by Gasteiger charge is -1.89. The van der Waals surface area contributed by atoms with E-state index in [-0.39, 0.29) is 0 Å². The first-order valence-electron chi connectivity index (χ1n) is 4.40. The summed E-state index contributed by atoms with van der Waals surface area (Å²) in [4.78, 5) is 18.2. The summed E-state index contributed by atoms with van der Waals surface area (Å²) in [6, 6.07) is 10.5. The molecule has 0 atom stereocenters. The second kappa shape index (κ2) is 11.9. The maximum Gasteiger partial charge on any atom is 0.273 e. The molecule has 0 saturated carbocycles. The van der Waals surface area contributed by atoms with E-state index in [1.54, 1.807) is 0 Å². The Kier molecular flexibility index (Phi) is 12.9. The van der Waals surface area contributed by atoms with Gasteiger partial charge in [0.15, 0.2) is 0 Å². The highest BCUT2D eigenvalue weighted by molar-refractivity contribution is 7.96. The predicted octanol–water partition coefficient (Wildman–Crippen LogP) is 2.24. The van der Waals surface area contributed by atoms with E-state index in [9.17, 15) is 0 Å². The van der Waals surface area contributed by atoms with Crippen LogP contribution in [0.25, 0.3) is 0 Å². The van der Waals surface area contributed by atoms with Crippen LogP contribution in [0.15, 0.2) is 30.3 Å². The fourth-order valence-electron chi connectivity index (χ4n) is 0.714. The minimum Gasteiger partial charge on any atom is -0.361 e. The van der Waals surface area contributed by atoms with Crippen LogP contribution in [0.3, 0.4) is 0 Å². The van der Waals surface area contributed by atoms with Gasteiger partial charge in [-0.2, -0.15) is 0 Å². The van der Waals surface area contributed by atoms with Gasteiger partial charge in [0, 0.05) is 0 Å². The minimum atomic E-state index is -0.639. The number of rotatable bonds is 1. The average molecular weight is 260 g/mol. The largest absolute Gasteiger partial charge is 0.361 e. The second-order valence-electron chi connectivity index (χ2n) is 2.52. The molecule has 2 amide bonds. The highest BCUT2D eigenvalue weighted by Gasteiger charge is 1.79. The first-order valence-corrected chi connectivity index (χ1v) is 5.30. The normalized spacial score (nSPS) is 7.69. The predicted molar refractivity (Wildman–Crippen MR) is 73.0 cm³/mol. The first kappa shape index (κ1) is 17.3. The Hall–Kier alpha value is -1.14. The van der Waals surface area contributed by atoms with Crippen molar-refractivity contribution in [2.24, 2.45) is 11.5 Å². The number of carbonyl (C=O) groups excluding carboxylic acids is 2. The first-order chi connectivity index (χ1) is 7.40. The van der Waals surface area contributed by atoms with Crippen LogP contribution >= 0.6 is 25.3 Å². The van der Waals surface area contributed by atoms with Crippen molar-refractivity contribution in [3.63, 3.8) is 0 Å². The van der Waals surface area contributed by atoms with Crippen LogP contribution in [0.4, 0.5) is 9.59 Å². The van der Waals surface area contributed by atoms with Gasteiger partial charge in [-0.25, -0.2) is 0 Å². The number of hydrogen-bond acceptors (Lipinski definition) is 2. The number of thiol groups is 2. The Morgan fingerprint density at radius 1 is 1.06 bits per heavy atom. The van der Waals surface area contributed by atoms with E-state index in [0.29, 0.717) is 0 Å². The summed E-state index contributed by atoms with van der Waals surface area (Å²) < 4.78 is 0. The third-order valence-corrected chi connectivity index (χ3v) is 1.25. The Morgan fingerprint density at radius 2 is 1.38 bits per heavy atom. The quantitative estimate of drug-likeness (QED) is 0.584. The molecule has 0 aliphatic carbocycles. The van der Waals surface area contributed by atoms with Gasteiger partial charge < -0.3 is 11.5 Å². The Balaban J connectivity index is 0. The van der Waals surface area contributed by atoms with Gasteiger partial charge in [0.25, 0.3) is 10.5 Å². The molecule has 0 aromatic heterocycles. The molecule has 0 radical (unpaired) electrons. The fraction of sp³-hybridized carbons (Fsp3) is 0.200. The van der Waals surface area contributed by atoms with Crippen molar-refractivity contribution in [2.75, 3.05) is 0 Å². The number of aryl methyl sites for hydroxylation is 1. The standard InChI is InChI=1S/C8H10.2CH3NOS/c1-2-8-6-4-3-5-7-8;2*2-1(3)4/h3-7H,2H2,1H3;2*(H3,2,3,4). The highest BCUT2D eigenvalue weighted by atomic mass is 32.1. The van der Waals surface area contributed by atoms with E-state index >= 15 is 0 Å². The van der Waals surface area contributed by atoms with Gasteiger partial charge >= 0.3 is 0 Å². The number of benzene rings is 1. The smallest absolute Gasteiger partial charge is 0.273 e. The van der Waals surface area contributed by atoms with Crippen molar-refractivity contribution >= 4 is 35.7 Å². The Bertz CT molecular complexity index is 285. The highest BCUT2D eigenvalue weighted by Crippen LogP contribution is 1.96. The van der Waals surface area contributed by atoms with Gasteiger partial charge in [-0.05, 0) is 12.0 Å². The molecule has 0 aliphatic heterocycles. The number of primary amides is 2. The summed E-state index contributed by atoms with van der Waals surface area (Å²) in [6.45, 7) is 2.16. The SMILES string of the molecule is CCc1ccccc1.NC(=O)S.NC(=O)S. The third kappa shape index (κ3) is 23.0. The van der Waals surface area contributed by atoms with Gasteiger partial charge in [0.05, 0.1) is 0 Å². The van der Waals surface area contributed by atoms with E-state index < -0.39 is 10.5 Å². The lowest BCUT2D eigenvalue weighted by Crippen LogP contribution is -1.95. The van der Waals surface area contributed by atoms with Gasteiger partial charge in [-0.3, -0.25) is 9.59 Å². The summed E-state index contributed by atoms with van der Waals surface area (Å²) >= 11 is 6.21. The van der Waals surface area contributed by atoms with Crippen LogP contribution in [0.2, 0.25) is 0 Å². The topological polar surface area (TPSA) is 86.2 Å². The van der Waals surface area contributed by atoms with Gasteiger partial charge in [-0.1, -0.05) is 62.5 Å².